The van der Waals surface area contributed by atoms with E-state index in [9.17, 15) is 9.59 Å². The average molecular weight is 332 g/mol. The largest absolute Gasteiger partial charge is 0.468 e. The summed E-state index contributed by atoms with van der Waals surface area (Å²) >= 11 is 1.30. The molecule has 1 aromatic carbocycles. The molecule has 0 N–H and O–H groups in total. The number of thioether (sulfide) groups is 1. The number of carbonyl (C=O) groups is 1. The number of fused-ring (bicyclic) bond motifs is 1. The molecule has 0 bridgehead atoms. The van der Waals surface area contributed by atoms with Gasteiger partial charge in [-0.05, 0) is 31.9 Å². The van der Waals surface area contributed by atoms with E-state index in [1.54, 1.807) is 11.5 Å². The van der Waals surface area contributed by atoms with Gasteiger partial charge in [-0.2, -0.15) is 0 Å². The van der Waals surface area contributed by atoms with Crippen LogP contribution in [0.2, 0.25) is 0 Å². The summed E-state index contributed by atoms with van der Waals surface area (Å²) in [5.41, 5.74) is 0.661. The first-order chi connectivity index (χ1) is 11.1. The summed E-state index contributed by atoms with van der Waals surface area (Å²) in [6.07, 6.45) is 4.22. The van der Waals surface area contributed by atoms with Gasteiger partial charge in [-0.3, -0.25) is 14.2 Å². The van der Waals surface area contributed by atoms with E-state index in [1.165, 1.54) is 18.9 Å². The maximum absolute atomic E-state index is 13.0. The minimum atomic E-state index is -0.402. The van der Waals surface area contributed by atoms with Gasteiger partial charge >= 0.3 is 5.97 Å². The van der Waals surface area contributed by atoms with Crippen LogP contribution in [0.1, 0.15) is 38.6 Å². The molecule has 1 heterocycles. The van der Waals surface area contributed by atoms with E-state index in [-0.39, 0.29) is 17.6 Å². The van der Waals surface area contributed by atoms with Crippen LogP contribution in [0, 0.1) is 0 Å². The number of methoxy groups -OCH3 is 1. The van der Waals surface area contributed by atoms with Crippen LogP contribution in [-0.2, 0) is 9.53 Å². The maximum atomic E-state index is 13.0. The second-order valence-electron chi connectivity index (χ2n) is 5.81. The van der Waals surface area contributed by atoms with Gasteiger partial charge in [0.25, 0.3) is 5.56 Å². The van der Waals surface area contributed by atoms with E-state index in [0.717, 1.165) is 25.7 Å². The predicted molar refractivity (Wildman–Crippen MR) is 90.8 cm³/mol. The van der Waals surface area contributed by atoms with Gasteiger partial charge in [0.2, 0.25) is 0 Å². The molecule has 1 aromatic heterocycles. The number of esters is 1. The Hall–Kier alpha value is -1.82. The molecule has 0 saturated heterocycles. The van der Waals surface area contributed by atoms with Crippen molar-refractivity contribution in [2.45, 2.75) is 49.1 Å². The highest BCUT2D eigenvalue weighted by Crippen LogP contribution is 2.33. The zero-order chi connectivity index (χ0) is 16.4. The number of ether oxygens (including phenoxy) is 1. The fourth-order valence-electron chi connectivity index (χ4n) is 3.07. The Balaban J connectivity index is 2.11. The summed E-state index contributed by atoms with van der Waals surface area (Å²) in [7, 11) is 1.37. The summed E-state index contributed by atoms with van der Waals surface area (Å²) in [6, 6.07) is 7.55. The second-order valence-corrected chi connectivity index (χ2v) is 7.12. The molecule has 1 saturated carbocycles. The van der Waals surface area contributed by atoms with E-state index in [4.69, 9.17) is 4.74 Å². The summed E-state index contributed by atoms with van der Waals surface area (Å²) in [6.45, 7) is 1.77. The highest BCUT2D eigenvalue weighted by atomic mass is 32.2. The SMILES string of the molecule is COC(=O)C(C)Sc1nc2ccccc2c(=O)n1C1CCCC1. The monoisotopic (exact) mass is 332 g/mol. The first-order valence-electron chi connectivity index (χ1n) is 7.87. The first-order valence-corrected chi connectivity index (χ1v) is 8.75. The van der Waals surface area contributed by atoms with Crippen molar-refractivity contribution in [3.63, 3.8) is 0 Å². The molecule has 122 valence electrons. The quantitative estimate of drug-likeness (QED) is 0.489. The number of rotatable bonds is 4. The van der Waals surface area contributed by atoms with Crippen molar-refractivity contribution < 1.29 is 9.53 Å². The molecular formula is C17H20N2O3S. The first kappa shape index (κ1) is 16.1. The standard InChI is InChI=1S/C17H20N2O3S/c1-11(16(21)22-2)23-17-18-14-10-6-5-9-13(14)15(20)19(17)12-7-3-4-8-12/h5-6,9-12H,3-4,7-8H2,1-2H3. The van der Waals surface area contributed by atoms with Gasteiger partial charge in [0.05, 0.1) is 18.0 Å². The molecule has 1 aliphatic rings. The highest BCUT2D eigenvalue weighted by molar-refractivity contribution is 8.00. The third kappa shape index (κ3) is 3.13. The van der Waals surface area contributed by atoms with E-state index in [2.05, 4.69) is 4.98 Å². The number of hydrogen-bond donors (Lipinski definition) is 0. The minimum Gasteiger partial charge on any atom is -0.468 e. The molecule has 0 aliphatic heterocycles. The number of carbonyl (C=O) groups excluding carboxylic acids is 1. The zero-order valence-corrected chi connectivity index (χ0v) is 14.1. The Morgan fingerprint density at radius 2 is 2.04 bits per heavy atom. The van der Waals surface area contributed by atoms with Crippen LogP contribution in [0.15, 0.2) is 34.2 Å². The van der Waals surface area contributed by atoms with E-state index < -0.39 is 5.25 Å². The van der Waals surface area contributed by atoms with E-state index in [1.807, 2.05) is 24.3 Å². The lowest BCUT2D eigenvalue weighted by molar-refractivity contribution is -0.139. The number of benzene rings is 1. The number of para-hydroxylation sites is 1. The van der Waals surface area contributed by atoms with Gasteiger partial charge in [-0.15, -0.1) is 0 Å². The van der Waals surface area contributed by atoms with Crippen molar-refractivity contribution in [1.82, 2.24) is 9.55 Å². The molecular weight excluding hydrogens is 312 g/mol. The van der Waals surface area contributed by atoms with Gasteiger partial charge in [0.15, 0.2) is 5.16 Å². The molecule has 1 fully saturated rings. The Bertz CT molecular complexity index is 781. The van der Waals surface area contributed by atoms with Crippen LogP contribution in [0.4, 0.5) is 0 Å². The molecule has 5 nitrogen and oxygen atoms in total. The van der Waals surface area contributed by atoms with Crippen LogP contribution >= 0.6 is 11.8 Å². The fourth-order valence-corrected chi connectivity index (χ4v) is 4.07. The third-order valence-corrected chi connectivity index (χ3v) is 5.33. The Kier molecular flexibility index (Phi) is 4.71. The summed E-state index contributed by atoms with van der Waals surface area (Å²) < 4.78 is 6.58. The summed E-state index contributed by atoms with van der Waals surface area (Å²) in [4.78, 5) is 29.3. The van der Waals surface area contributed by atoms with Gasteiger partial charge in [0.1, 0.15) is 5.25 Å². The van der Waals surface area contributed by atoms with Gasteiger partial charge in [-0.25, -0.2) is 4.98 Å². The number of hydrogen-bond acceptors (Lipinski definition) is 5. The smallest absolute Gasteiger partial charge is 0.318 e. The van der Waals surface area contributed by atoms with Crippen molar-refractivity contribution in [3.8, 4) is 0 Å². The zero-order valence-electron chi connectivity index (χ0n) is 13.3. The van der Waals surface area contributed by atoms with Crippen molar-refractivity contribution in [2.75, 3.05) is 7.11 Å². The molecule has 0 amide bonds. The third-order valence-electron chi connectivity index (χ3n) is 4.28. The normalized spacial score (nSPS) is 16.6. The topological polar surface area (TPSA) is 61.2 Å². The molecule has 6 heteroatoms. The molecule has 2 aromatic rings. The molecule has 0 radical (unpaired) electrons. The van der Waals surface area contributed by atoms with Crippen LogP contribution in [0.3, 0.4) is 0 Å². The molecule has 1 atom stereocenters. The van der Waals surface area contributed by atoms with Crippen LogP contribution in [-0.4, -0.2) is 27.9 Å². The average Bonchev–Trinajstić information content (AvgIpc) is 3.08. The van der Waals surface area contributed by atoms with Crippen LogP contribution in [0.5, 0.6) is 0 Å². The highest BCUT2D eigenvalue weighted by Gasteiger charge is 2.25. The second kappa shape index (κ2) is 6.74. The molecule has 3 rings (SSSR count). The van der Waals surface area contributed by atoms with E-state index in [0.29, 0.717) is 16.1 Å². The van der Waals surface area contributed by atoms with Crippen LogP contribution < -0.4 is 5.56 Å². The van der Waals surface area contributed by atoms with Crippen LogP contribution in [0.25, 0.3) is 10.9 Å². The molecule has 23 heavy (non-hydrogen) atoms. The fraction of sp³-hybridized carbons (Fsp3) is 0.471. The van der Waals surface area contributed by atoms with Crippen molar-refractivity contribution in [1.29, 1.82) is 0 Å². The minimum absolute atomic E-state index is 0.0120. The van der Waals surface area contributed by atoms with Gasteiger partial charge < -0.3 is 4.74 Å². The van der Waals surface area contributed by atoms with Crippen molar-refractivity contribution >= 4 is 28.6 Å². The summed E-state index contributed by atoms with van der Waals surface area (Å²) in [5.74, 6) is -0.310. The van der Waals surface area contributed by atoms with E-state index >= 15 is 0 Å². The Morgan fingerprint density at radius 3 is 2.74 bits per heavy atom. The lowest BCUT2D eigenvalue weighted by atomic mass is 10.2. The molecule has 1 aliphatic carbocycles. The lowest BCUT2D eigenvalue weighted by Gasteiger charge is -2.19. The molecule has 0 spiro atoms. The predicted octanol–water partition coefficient (Wildman–Crippen LogP) is 3.17. The van der Waals surface area contributed by atoms with Crippen molar-refractivity contribution in [2.24, 2.45) is 0 Å². The molecule has 1 unspecified atom stereocenters. The Morgan fingerprint density at radius 1 is 1.35 bits per heavy atom. The number of aromatic nitrogens is 2. The van der Waals surface area contributed by atoms with Gasteiger partial charge in [0, 0.05) is 6.04 Å². The lowest BCUT2D eigenvalue weighted by Crippen LogP contribution is -2.27. The Labute approximate surface area is 139 Å². The maximum Gasteiger partial charge on any atom is 0.318 e. The number of nitrogens with zero attached hydrogens (tertiary/aromatic N) is 2. The van der Waals surface area contributed by atoms with Gasteiger partial charge in [-0.1, -0.05) is 36.7 Å². The summed E-state index contributed by atoms with van der Waals surface area (Å²) in [5, 5.41) is 0.841. The van der Waals surface area contributed by atoms with Crippen molar-refractivity contribution in [3.05, 3.63) is 34.6 Å².